The minimum atomic E-state index is -0.0562. The van der Waals surface area contributed by atoms with Gasteiger partial charge in [-0.3, -0.25) is 5.10 Å². The number of nitriles is 1. The molecule has 3 nitrogen and oxygen atoms in total. The molecule has 58 valence electrons. The molecule has 4 heteroatoms. The van der Waals surface area contributed by atoms with Crippen LogP contribution >= 0.6 is 22.6 Å². The smallest absolute Gasteiger partial charge is 0.103 e. The van der Waals surface area contributed by atoms with Crippen molar-refractivity contribution in [2.75, 3.05) is 0 Å². The molecule has 11 heavy (non-hydrogen) atoms. The van der Waals surface area contributed by atoms with Gasteiger partial charge in [0.25, 0.3) is 0 Å². The Bertz CT molecular complexity index is 289. The number of nitrogens with zero attached hydrogens (tertiary/aromatic N) is 2. The Morgan fingerprint density at radius 3 is 2.73 bits per heavy atom. The van der Waals surface area contributed by atoms with Crippen molar-refractivity contribution in [3.8, 4) is 6.07 Å². The molecule has 0 fully saturated rings. The number of rotatable bonds is 1. The average molecular weight is 261 g/mol. The molecule has 1 N–H and O–H groups in total. The highest BCUT2D eigenvalue weighted by molar-refractivity contribution is 14.1. The lowest BCUT2D eigenvalue weighted by atomic mass is 10.1. The number of alkyl halides is 1. The summed E-state index contributed by atoms with van der Waals surface area (Å²) < 4.78 is -0.0562. The van der Waals surface area contributed by atoms with Crippen LogP contribution in [-0.2, 0) is 3.42 Å². The first-order valence-corrected chi connectivity index (χ1v) is 4.26. The van der Waals surface area contributed by atoms with Crippen LogP contribution in [-0.4, -0.2) is 10.2 Å². The lowest BCUT2D eigenvalue weighted by molar-refractivity contribution is 0.775. The second-order valence-electron chi connectivity index (χ2n) is 2.74. The third kappa shape index (κ3) is 1.71. The van der Waals surface area contributed by atoms with E-state index in [-0.39, 0.29) is 3.42 Å². The van der Waals surface area contributed by atoms with Crippen molar-refractivity contribution < 1.29 is 0 Å². The minimum absolute atomic E-state index is 0.0562. The van der Waals surface area contributed by atoms with Gasteiger partial charge in [-0.15, -0.1) is 0 Å². The maximum atomic E-state index is 8.66. The molecular formula is C7H8IN3. The zero-order valence-electron chi connectivity index (χ0n) is 6.35. The highest BCUT2D eigenvalue weighted by Crippen LogP contribution is 2.30. The summed E-state index contributed by atoms with van der Waals surface area (Å²) in [5.74, 6) is 0. The summed E-state index contributed by atoms with van der Waals surface area (Å²) in [6, 6.07) is 2.08. The number of hydrogen-bond acceptors (Lipinski definition) is 2. The van der Waals surface area contributed by atoms with Crippen LogP contribution in [0.25, 0.3) is 0 Å². The fourth-order valence-corrected chi connectivity index (χ4v) is 1.24. The molecule has 0 aromatic carbocycles. The molecule has 1 rings (SSSR count). The second kappa shape index (κ2) is 2.81. The van der Waals surface area contributed by atoms with Crippen LogP contribution in [0.3, 0.4) is 0 Å². The van der Waals surface area contributed by atoms with Gasteiger partial charge in [-0.1, -0.05) is 22.6 Å². The molecule has 0 unspecified atom stereocenters. The quantitative estimate of drug-likeness (QED) is 0.620. The zero-order valence-corrected chi connectivity index (χ0v) is 8.51. The van der Waals surface area contributed by atoms with Crippen molar-refractivity contribution in [2.45, 2.75) is 17.3 Å². The summed E-state index contributed by atoms with van der Waals surface area (Å²) in [6.45, 7) is 4.06. The predicted molar refractivity (Wildman–Crippen MR) is 50.3 cm³/mol. The first kappa shape index (κ1) is 8.53. The summed E-state index contributed by atoms with van der Waals surface area (Å²) >= 11 is 2.27. The van der Waals surface area contributed by atoms with Crippen molar-refractivity contribution in [1.82, 2.24) is 10.2 Å². The molecule has 1 heterocycles. The van der Waals surface area contributed by atoms with Crippen LogP contribution in [0.15, 0.2) is 6.20 Å². The van der Waals surface area contributed by atoms with Gasteiger partial charge in [0.1, 0.15) is 6.07 Å². The maximum Gasteiger partial charge on any atom is 0.103 e. The Morgan fingerprint density at radius 1 is 1.73 bits per heavy atom. The fraction of sp³-hybridized carbons (Fsp3) is 0.429. The number of hydrogen-bond donors (Lipinski definition) is 1. The molecule has 0 aliphatic carbocycles. The van der Waals surface area contributed by atoms with Crippen molar-refractivity contribution in [1.29, 1.82) is 5.26 Å². The van der Waals surface area contributed by atoms with E-state index in [0.29, 0.717) is 5.56 Å². The molecule has 0 spiro atoms. The molecule has 0 radical (unpaired) electrons. The van der Waals surface area contributed by atoms with E-state index in [1.165, 1.54) is 0 Å². The number of nitrogens with one attached hydrogen (secondary N) is 1. The molecular weight excluding hydrogens is 253 g/mol. The molecule has 0 saturated heterocycles. The van der Waals surface area contributed by atoms with E-state index >= 15 is 0 Å². The number of H-pyrrole nitrogens is 1. The maximum absolute atomic E-state index is 8.66. The van der Waals surface area contributed by atoms with E-state index < -0.39 is 0 Å². The van der Waals surface area contributed by atoms with E-state index in [4.69, 9.17) is 5.26 Å². The van der Waals surface area contributed by atoms with Crippen LogP contribution in [0.5, 0.6) is 0 Å². The van der Waals surface area contributed by atoms with E-state index in [1.54, 1.807) is 6.20 Å². The van der Waals surface area contributed by atoms with Gasteiger partial charge in [0.15, 0.2) is 0 Å². The van der Waals surface area contributed by atoms with E-state index in [1.807, 2.05) is 13.8 Å². The van der Waals surface area contributed by atoms with Gasteiger partial charge in [-0.25, -0.2) is 0 Å². The normalized spacial score (nSPS) is 11.1. The zero-order chi connectivity index (χ0) is 8.48. The SMILES string of the molecule is CC(C)(I)c1[nH]ncc1C#N. The van der Waals surface area contributed by atoms with Crippen LogP contribution in [0.1, 0.15) is 25.1 Å². The van der Waals surface area contributed by atoms with Gasteiger partial charge in [-0.05, 0) is 13.8 Å². The van der Waals surface area contributed by atoms with Crippen molar-refractivity contribution in [2.24, 2.45) is 0 Å². The van der Waals surface area contributed by atoms with Gasteiger partial charge in [-0.2, -0.15) is 10.4 Å². The molecule has 0 aliphatic rings. The summed E-state index contributed by atoms with van der Waals surface area (Å²) in [7, 11) is 0. The molecule has 1 aromatic heterocycles. The summed E-state index contributed by atoms with van der Waals surface area (Å²) in [5.41, 5.74) is 1.52. The third-order valence-corrected chi connectivity index (χ3v) is 1.89. The third-order valence-electron chi connectivity index (χ3n) is 1.35. The monoisotopic (exact) mass is 261 g/mol. The highest BCUT2D eigenvalue weighted by atomic mass is 127. The Labute approximate surface area is 78.9 Å². The molecule has 1 aromatic rings. The largest absolute Gasteiger partial charge is 0.280 e. The summed E-state index contributed by atoms with van der Waals surface area (Å²) in [4.78, 5) is 0. The predicted octanol–water partition coefficient (Wildman–Crippen LogP) is 1.95. The first-order valence-electron chi connectivity index (χ1n) is 3.18. The first-order chi connectivity index (χ1) is 5.05. The van der Waals surface area contributed by atoms with Crippen molar-refractivity contribution in [3.63, 3.8) is 0 Å². The highest BCUT2D eigenvalue weighted by Gasteiger charge is 2.21. The Balaban J connectivity index is 3.15. The minimum Gasteiger partial charge on any atom is -0.280 e. The standard InChI is InChI=1S/C7H8IN3/c1-7(2,8)6-5(3-9)4-10-11-6/h4H,1-2H3,(H,10,11). The molecule has 0 amide bonds. The second-order valence-corrected chi connectivity index (χ2v) is 5.44. The van der Waals surface area contributed by atoms with E-state index in [0.717, 1.165) is 5.69 Å². The molecule has 0 aliphatic heterocycles. The molecule has 0 bridgehead atoms. The average Bonchev–Trinajstić information content (AvgIpc) is 2.31. The van der Waals surface area contributed by atoms with Crippen LogP contribution in [0, 0.1) is 11.3 Å². The van der Waals surface area contributed by atoms with Gasteiger partial charge < -0.3 is 0 Å². The van der Waals surface area contributed by atoms with E-state index in [9.17, 15) is 0 Å². The van der Waals surface area contributed by atoms with E-state index in [2.05, 4.69) is 38.9 Å². The Hall–Kier alpha value is -0.570. The molecule has 0 saturated carbocycles. The Morgan fingerprint density at radius 2 is 2.36 bits per heavy atom. The van der Waals surface area contributed by atoms with Gasteiger partial charge in [0.05, 0.1) is 20.9 Å². The van der Waals surface area contributed by atoms with Crippen LogP contribution in [0.2, 0.25) is 0 Å². The molecule has 0 atom stereocenters. The lowest BCUT2D eigenvalue weighted by Crippen LogP contribution is -2.08. The van der Waals surface area contributed by atoms with Gasteiger partial charge in [0.2, 0.25) is 0 Å². The Kier molecular flexibility index (Phi) is 2.18. The lowest BCUT2D eigenvalue weighted by Gasteiger charge is -2.13. The fourth-order valence-electron chi connectivity index (χ4n) is 0.824. The number of aromatic amines is 1. The van der Waals surface area contributed by atoms with Crippen LogP contribution < -0.4 is 0 Å². The number of aromatic nitrogens is 2. The van der Waals surface area contributed by atoms with Crippen LogP contribution in [0.4, 0.5) is 0 Å². The number of halogens is 1. The topological polar surface area (TPSA) is 52.5 Å². The summed E-state index contributed by atoms with van der Waals surface area (Å²) in [6.07, 6.45) is 1.55. The van der Waals surface area contributed by atoms with Crippen molar-refractivity contribution in [3.05, 3.63) is 17.5 Å². The van der Waals surface area contributed by atoms with Gasteiger partial charge in [0, 0.05) is 0 Å². The van der Waals surface area contributed by atoms with Gasteiger partial charge >= 0.3 is 0 Å². The van der Waals surface area contributed by atoms with Crippen molar-refractivity contribution >= 4 is 22.6 Å². The summed E-state index contributed by atoms with van der Waals surface area (Å²) in [5, 5.41) is 15.3.